The number of carbonyl (C=O) groups is 3. The van der Waals surface area contributed by atoms with Crippen molar-refractivity contribution < 1.29 is 24.2 Å². The number of hydrogen-bond donors (Lipinski definition) is 1. The lowest BCUT2D eigenvalue weighted by atomic mass is 9.94. The first-order chi connectivity index (χ1) is 11.4. The summed E-state index contributed by atoms with van der Waals surface area (Å²) in [6.07, 6.45) is 5.65. The van der Waals surface area contributed by atoms with Gasteiger partial charge in [-0.25, -0.2) is 9.78 Å². The SMILES string of the molecule is COc1cc(C(=O)O)nc(CN2C(=O)C3=CC=CCC3C2=O)c1Cl. The average Bonchev–Trinajstić information content (AvgIpc) is 2.81. The van der Waals surface area contributed by atoms with Crippen LogP contribution in [0.2, 0.25) is 5.02 Å². The molecule has 1 aromatic rings. The summed E-state index contributed by atoms with van der Waals surface area (Å²) in [5.74, 6) is -2.38. The molecule has 0 radical (unpaired) electrons. The van der Waals surface area contributed by atoms with Crippen molar-refractivity contribution in [1.82, 2.24) is 9.88 Å². The zero-order valence-corrected chi connectivity index (χ0v) is 13.4. The Balaban J connectivity index is 1.97. The summed E-state index contributed by atoms with van der Waals surface area (Å²) in [7, 11) is 1.34. The summed E-state index contributed by atoms with van der Waals surface area (Å²) in [6, 6.07) is 1.19. The molecule has 1 saturated heterocycles. The van der Waals surface area contributed by atoms with Gasteiger partial charge in [0, 0.05) is 11.6 Å². The summed E-state index contributed by atoms with van der Waals surface area (Å²) < 4.78 is 5.04. The molecule has 0 bridgehead atoms. The zero-order valence-electron chi connectivity index (χ0n) is 12.7. The summed E-state index contributed by atoms with van der Waals surface area (Å²) >= 11 is 6.16. The van der Waals surface area contributed by atoms with E-state index in [0.717, 1.165) is 4.90 Å². The van der Waals surface area contributed by atoms with E-state index in [1.165, 1.54) is 13.2 Å². The molecule has 3 rings (SSSR count). The van der Waals surface area contributed by atoms with Gasteiger partial charge in [-0.2, -0.15) is 0 Å². The highest BCUT2D eigenvalue weighted by atomic mass is 35.5. The molecule has 0 saturated carbocycles. The number of hydrogen-bond acceptors (Lipinski definition) is 5. The summed E-state index contributed by atoms with van der Waals surface area (Å²) in [4.78, 5) is 41.0. The number of likely N-dealkylation sites (tertiary alicyclic amines) is 1. The molecule has 8 heteroatoms. The Morgan fingerprint density at radius 1 is 1.50 bits per heavy atom. The summed E-state index contributed by atoms with van der Waals surface area (Å²) in [5.41, 5.74) is 0.256. The molecular weight excluding hydrogens is 336 g/mol. The van der Waals surface area contributed by atoms with E-state index < -0.39 is 17.8 Å². The fourth-order valence-electron chi connectivity index (χ4n) is 2.75. The molecule has 7 nitrogen and oxygen atoms in total. The van der Waals surface area contributed by atoms with E-state index in [2.05, 4.69) is 4.98 Å². The summed E-state index contributed by atoms with van der Waals surface area (Å²) in [6.45, 7) is -0.207. The molecule has 2 amide bonds. The van der Waals surface area contributed by atoms with Crippen LogP contribution in [0.25, 0.3) is 0 Å². The van der Waals surface area contributed by atoms with Crippen LogP contribution >= 0.6 is 11.6 Å². The van der Waals surface area contributed by atoms with Gasteiger partial charge in [0.15, 0.2) is 5.69 Å². The van der Waals surface area contributed by atoms with Crippen molar-refractivity contribution in [2.75, 3.05) is 7.11 Å². The number of carboxylic acids is 1. The van der Waals surface area contributed by atoms with Crippen LogP contribution in [0.15, 0.2) is 29.9 Å². The number of rotatable bonds is 4. The molecular formula is C16H13ClN2O5. The topological polar surface area (TPSA) is 96.8 Å². The van der Waals surface area contributed by atoms with Crippen LogP contribution in [0.1, 0.15) is 22.6 Å². The van der Waals surface area contributed by atoms with Crippen LogP contribution < -0.4 is 4.74 Å². The molecule has 1 aliphatic carbocycles. The maximum atomic E-state index is 12.5. The first kappa shape index (κ1) is 16.2. The minimum Gasteiger partial charge on any atom is -0.495 e. The van der Waals surface area contributed by atoms with Gasteiger partial charge in [-0.1, -0.05) is 29.8 Å². The Labute approximate surface area is 142 Å². The van der Waals surface area contributed by atoms with E-state index in [0.29, 0.717) is 12.0 Å². The number of carboxylic acid groups (broad SMARTS) is 1. The van der Waals surface area contributed by atoms with Crippen LogP contribution in [0.4, 0.5) is 0 Å². The van der Waals surface area contributed by atoms with Crippen molar-refractivity contribution in [3.8, 4) is 5.75 Å². The van der Waals surface area contributed by atoms with E-state index in [4.69, 9.17) is 21.4 Å². The molecule has 0 spiro atoms. The number of allylic oxidation sites excluding steroid dienone is 3. The largest absolute Gasteiger partial charge is 0.495 e. The number of nitrogens with zero attached hydrogens (tertiary/aromatic N) is 2. The normalized spacial score (nSPS) is 19.3. The number of ether oxygens (including phenoxy) is 1. The molecule has 2 heterocycles. The Morgan fingerprint density at radius 3 is 2.88 bits per heavy atom. The second-order valence-corrected chi connectivity index (χ2v) is 5.72. The molecule has 1 aliphatic heterocycles. The van der Waals surface area contributed by atoms with Crippen molar-refractivity contribution in [3.63, 3.8) is 0 Å². The molecule has 0 aromatic carbocycles. The van der Waals surface area contributed by atoms with Gasteiger partial charge in [-0.05, 0) is 6.42 Å². The lowest BCUT2D eigenvalue weighted by Gasteiger charge is -2.16. The van der Waals surface area contributed by atoms with Gasteiger partial charge in [0.25, 0.3) is 5.91 Å². The maximum absolute atomic E-state index is 12.5. The number of aromatic nitrogens is 1. The number of pyridine rings is 1. The number of aromatic carboxylic acids is 1. The van der Waals surface area contributed by atoms with Crippen molar-refractivity contribution in [2.24, 2.45) is 5.92 Å². The molecule has 24 heavy (non-hydrogen) atoms. The predicted molar refractivity (Wildman–Crippen MR) is 83.6 cm³/mol. The number of methoxy groups -OCH3 is 1. The first-order valence-electron chi connectivity index (χ1n) is 7.13. The third-order valence-electron chi connectivity index (χ3n) is 3.96. The Hall–Kier alpha value is -2.67. The zero-order chi connectivity index (χ0) is 17.4. The van der Waals surface area contributed by atoms with Gasteiger partial charge < -0.3 is 9.84 Å². The first-order valence-corrected chi connectivity index (χ1v) is 7.51. The standard InChI is InChI=1S/C16H13ClN2O5/c1-24-12-6-10(16(22)23)18-11(13(12)17)7-19-14(20)8-4-2-3-5-9(8)15(19)21/h2-4,6,9H,5,7H2,1H3,(H,22,23). The highest BCUT2D eigenvalue weighted by Crippen LogP contribution is 2.34. The van der Waals surface area contributed by atoms with Crippen LogP contribution in [-0.4, -0.2) is 39.9 Å². The van der Waals surface area contributed by atoms with Gasteiger partial charge >= 0.3 is 5.97 Å². The Bertz CT molecular complexity index is 815. The van der Waals surface area contributed by atoms with Crippen molar-refractivity contribution in [2.45, 2.75) is 13.0 Å². The van der Waals surface area contributed by atoms with Gasteiger partial charge in [0.2, 0.25) is 5.91 Å². The number of carbonyl (C=O) groups excluding carboxylic acids is 2. The van der Waals surface area contributed by atoms with Crippen molar-refractivity contribution in [1.29, 1.82) is 0 Å². The van der Waals surface area contributed by atoms with E-state index in [1.807, 2.05) is 6.08 Å². The van der Waals surface area contributed by atoms with E-state index in [-0.39, 0.29) is 34.6 Å². The number of fused-ring (bicyclic) bond motifs is 1. The number of imide groups is 1. The van der Waals surface area contributed by atoms with Gasteiger partial charge in [0.05, 0.1) is 25.3 Å². The van der Waals surface area contributed by atoms with Crippen LogP contribution in [-0.2, 0) is 16.1 Å². The van der Waals surface area contributed by atoms with Crippen LogP contribution in [0, 0.1) is 5.92 Å². The van der Waals surface area contributed by atoms with Crippen LogP contribution in [0.3, 0.4) is 0 Å². The minimum atomic E-state index is -1.26. The van der Waals surface area contributed by atoms with Crippen LogP contribution in [0.5, 0.6) is 5.75 Å². The van der Waals surface area contributed by atoms with Gasteiger partial charge in [-0.15, -0.1) is 0 Å². The van der Waals surface area contributed by atoms with Crippen molar-refractivity contribution >= 4 is 29.4 Å². The molecule has 124 valence electrons. The lowest BCUT2D eigenvalue weighted by Crippen LogP contribution is -2.31. The average molecular weight is 349 g/mol. The lowest BCUT2D eigenvalue weighted by molar-refractivity contribution is -0.139. The fraction of sp³-hybridized carbons (Fsp3) is 0.250. The quantitative estimate of drug-likeness (QED) is 0.833. The molecule has 1 aromatic heterocycles. The smallest absolute Gasteiger partial charge is 0.354 e. The number of halogens is 1. The minimum absolute atomic E-state index is 0.0741. The second kappa shape index (κ2) is 6.09. The molecule has 1 N–H and O–H groups in total. The molecule has 1 atom stereocenters. The second-order valence-electron chi connectivity index (χ2n) is 5.34. The van der Waals surface area contributed by atoms with E-state index in [1.54, 1.807) is 12.2 Å². The molecule has 1 fully saturated rings. The van der Waals surface area contributed by atoms with E-state index >= 15 is 0 Å². The highest BCUT2D eigenvalue weighted by Gasteiger charge is 2.43. The third kappa shape index (κ3) is 2.56. The fourth-order valence-corrected chi connectivity index (χ4v) is 2.98. The number of amides is 2. The van der Waals surface area contributed by atoms with Gasteiger partial charge in [-0.3, -0.25) is 14.5 Å². The summed E-state index contributed by atoms with van der Waals surface area (Å²) in [5, 5.41) is 9.20. The molecule has 1 unspecified atom stereocenters. The Morgan fingerprint density at radius 2 is 2.25 bits per heavy atom. The highest BCUT2D eigenvalue weighted by molar-refractivity contribution is 6.32. The monoisotopic (exact) mass is 348 g/mol. The molecule has 2 aliphatic rings. The van der Waals surface area contributed by atoms with E-state index in [9.17, 15) is 14.4 Å². The maximum Gasteiger partial charge on any atom is 0.354 e. The van der Waals surface area contributed by atoms with Gasteiger partial charge in [0.1, 0.15) is 10.8 Å². The van der Waals surface area contributed by atoms with Crippen molar-refractivity contribution in [3.05, 3.63) is 46.3 Å². The predicted octanol–water partition coefficient (Wildman–Crippen LogP) is 1.81. The third-order valence-corrected chi connectivity index (χ3v) is 4.36. The Kier molecular flexibility index (Phi) is 4.11.